The number of anilines is 1. The molecule has 2 heterocycles. The first-order valence-corrected chi connectivity index (χ1v) is 5.21. The summed E-state index contributed by atoms with van der Waals surface area (Å²) in [5.74, 6) is 0.00645. The molecule has 16 heavy (non-hydrogen) atoms. The number of aromatic nitrogens is 2. The molecule has 0 aromatic carbocycles. The third kappa shape index (κ3) is 2.05. The third-order valence-electron chi connectivity index (χ3n) is 2.33. The molecular formula is C12H15N3O. The molecule has 2 aromatic heterocycles. The number of amides is 1. The second-order valence-corrected chi connectivity index (χ2v) is 4.81. The van der Waals surface area contributed by atoms with Gasteiger partial charge in [-0.1, -0.05) is 20.8 Å². The number of nitrogens with one attached hydrogen (secondary N) is 1. The van der Waals surface area contributed by atoms with Crippen molar-refractivity contribution in [1.29, 1.82) is 0 Å². The average molecular weight is 217 g/mol. The van der Waals surface area contributed by atoms with Crippen LogP contribution in [0.15, 0.2) is 30.7 Å². The molecule has 4 heteroatoms. The monoisotopic (exact) mass is 217 g/mol. The van der Waals surface area contributed by atoms with Crippen LogP contribution in [0.1, 0.15) is 20.8 Å². The van der Waals surface area contributed by atoms with Crippen LogP contribution in [0.4, 0.5) is 5.69 Å². The summed E-state index contributed by atoms with van der Waals surface area (Å²) in [5, 5.41) is 2.88. The lowest BCUT2D eigenvalue weighted by atomic mass is 9.96. The van der Waals surface area contributed by atoms with E-state index in [-0.39, 0.29) is 11.3 Å². The highest BCUT2D eigenvalue weighted by atomic mass is 16.2. The predicted molar refractivity (Wildman–Crippen MR) is 63.3 cm³/mol. The third-order valence-corrected chi connectivity index (χ3v) is 2.33. The fourth-order valence-electron chi connectivity index (χ4n) is 1.31. The van der Waals surface area contributed by atoms with Crippen LogP contribution in [0.2, 0.25) is 0 Å². The SMILES string of the molecule is CC(C)(C)C(=O)Nc1ccc2nccn2c1. The Kier molecular flexibility index (Phi) is 2.42. The summed E-state index contributed by atoms with van der Waals surface area (Å²) < 4.78 is 1.87. The van der Waals surface area contributed by atoms with Gasteiger partial charge in [-0.15, -0.1) is 0 Å². The molecule has 0 saturated carbocycles. The number of pyridine rings is 1. The standard InChI is InChI=1S/C12H15N3O/c1-12(2,3)11(16)14-9-4-5-10-13-6-7-15(10)8-9/h4-8H,1-3H3,(H,14,16). The van der Waals surface area contributed by atoms with Gasteiger partial charge in [0.05, 0.1) is 5.69 Å². The normalized spacial score (nSPS) is 11.7. The minimum Gasteiger partial charge on any atom is -0.324 e. The van der Waals surface area contributed by atoms with Crippen LogP contribution < -0.4 is 5.32 Å². The summed E-state index contributed by atoms with van der Waals surface area (Å²) in [6, 6.07) is 3.73. The molecule has 0 atom stereocenters. The fraction of sp³-hybridized carbons (Fsp3) is 0.333. The van der Waals surface area contributed by atoms with E-state index in [9.17, 15) is 4.79 Å². The van der Waals surface area contributed by atoms with E-state index >= 15 is 0 Å². The van der Waals surface area contributed by atoms with Gasteiger partial charge >= 0.3 is 0 Å². The topological polar surface area (TPSA) is 46.4 Å². The molecule has 84 valence electrons. The van der Waals surface area contributed by atoms with Crippen molar-refractivity contribution in [2.45, 2.75) is 20.8 Å². The zero-order chi connectivity index (χ0) is 11.8. The summed E-state index contributed by atoms with van der Waals surface area (Å²) in [7, 11) is 0. The van der Waals surface area contributed by atoms with Crippen molar-refractivity contribution in [3.05, 3.63) is 30.7 Å². The summed E-state index contributed by atoms with van der Waals surface area (Å²) in [6.07, 6.45) is 5.43. The Morgan fingerprint density at radius 2 is 2.12 bits per heavy atom. The van der Waals surface area contributed by atoms with Crippen LogP contribution in [-0.2, 0) is 4.79 Å². The van der Waals surface area contributed by atoms with Crippen molar-refractivity contribution in [2.24, 2.45) is 5.41 Å². The molecule has 0 saturated heterocycles. The molecule has 0 aliphatic rings. The molecule has 0 spiro atoms. The van der Waals surface area contributed by atoms with Crippen molar-refractivity contribution in [2.75, 3.05) is 5.32 Å². The van der Waals surface area contributed by atoms with Crippen molar-refractivity contribution >= 4 is 17.2 Å². The van der Waals surface area contributed by atoms with Gasteiger partial charge in [0.15, 0.2) is 0 Å². The van der Waals surface area contributed by atoms with Gasteiger partial charge in [0, 0.05) is 24.0 Å². The molecule has 4 nitrogen and oxygen atoms in total. The Bertz CT molecular complexity index is 522. The van der Waals surface area contributed by atoms with E-state index in [2.05, 4.69) is 10.3 Å². The predicted octanol–water partition coefficient (Wildman–Crippen LogP) is 2.32. The van der Waals surface area contributed by atoms with Crippen LogP contribution in [-0.4, -0.2) is 15.3 Å². The zero-order valence-corrected chi connectivity index (χ0v) is 9.69. The van der Waals surface area contributed by atoms with Crippen LogP contribution in [0, 0.1) is 5.41 Å². The molecule has 0 unspecified atom stereocenters. The molecule has 0 radical (unpaired) electrons. The number of rotatable bonds is 1. The van der Waals surface area contributed by atoms with E-state index in [0.29, 0.717) is 0 Å². The number of carbonyl (C=O) groups is 1. The summed E-state index contributed by atoms with van der Waals surface area (Å²) in [6.45, 7) is 5.66. The van der Waals surface area contributed by atoms with Gasteiger partial charge in [0.25, 0.3) is 0 Å². The van der Waals surface area contributed by atoms with Crippen LogP contribution in [0.3, 0.4) is 0 Å². The van der Waals surface area contributed by atoms with E-state index in [0.717, 1.165) is 11.3 Å². The van der Waals surface area contributed by atoms with E-state index in [1.165, 1.54) is 0 Å². The molecular weight excluding hydrogens is 202 g/mol. The molecule has 1 amide bonds. The second-order valence-electron chi connectivity index (χ2n) is 4.81. The van der Waals surface area contributed by atoms with Crippen molar-refractivity contribution in [3.63, 3.8) is 0 Å². The van der Waals surface area contributed by atoms with Crippen LogP contribution in [0.25, 0.3) is 5.65 Å². The van der Waals surface area contributed by atoms with Crippen LogP contribution >= 0.6 is 0 Å². The van der Waals surface area contributed by atoms with Gasteiger partial charge in [-0.25, -0.2) is 4.98 Å². The van der Waals surface area contributed by atoms with E-state index in [4.69, 9.17) is 0 Å². The van der Waals surface area contributed by atoms with Gasteiger partial charge in [-0.3, -0.25) is 4.79 Å². The number of nitrogens with zero attached hydrogens (tertiary/aromatic N) is 2. The quantitative estimate of drug-likeness (QED) is 0.796. The number of hydrogen-bond acceptors (Lipinski definition) is 2. The molecule has 2 aromatic rings. The van der Waals surface area contributed by atoms with Crippen molar-refractivity contribution in [1.82, 2.24) is 9.38 Å². The fourth-order valence-corrected chi connectivity index (χ4v) is 1.31. The molecule has 1 N–H and O–H groups in total. The number of carbonyl (C=O) groups excluding carboxylic acids is 1. The smallest absolute Gasteiger partial charge is 0.229 e. The first-order chi connectivity index (χ1) is 7.47. The maximum absolute atomic E-state index is 11.8. The Hall–Kier alpha value is -1.84. The Labute approximate surface area is 94.3 Å². The summed E-state index contributed by atoms with van der Waals surface area (Å²) in [5.41, 5.74) is 1.27. The molecule has 0 bridgehead atoms. The van der Waals surface area contributed by atoms with Crippen molar-refractivity contribution < 1.29 is 4.79 Å². The Morgan fingerprint density at radius 1 is 1.38 bits per heavy atom. The minimum atomic E-state index is -0.385. The van der Waals surface area contributed by atoms with Crippen molar-refractivity contribution in [3.8, 4) is 0 Å². The Morgan fingerprint density at radius 3 is 2.81 bits per heavy atom. The zero-order valence-electron chi connectivity index (χ0n) is 9.69. The number of imidazole rings is 1. The second kappa shape index (κ2) is 3.63. The van der Waals surface area contributed by atoms with Crippen LogP contribution in [0.5, 0.6) is 0 Å². The minimum absolute atomic E-state index is 0.00645. The summed E-state index contributed by atoms with van der Waals surface area (Å²) in [4.78, 5) is 15.9. The van der Waals surface area contributed by atoms with E-state index in [1.807, 2.05) is 49.7 Å². The van der Waals surface area contributed by atoms with Gasteiger partial charge in [0.2, 0.25) is 5.91 Å². The highest BCUT2D eigenvalue weighted by Crippen LogP contribution is 2.17. The molecule has 0 aliphatic carbocycles. The first-order valence-electron chi connectivity index (χ1n) is 5.21. The lowest BCUT2D eigenvalue weighted by molar-refractivity contribution is -0.123. The number of fused-ring (bicyclic) bond motifs is 1. The van der Waals surface area contributed by atoms with Gasteiger partial charge in [0.1, 0.15) is 5.65 Å². The largest absolute Gasteiger partial charge is 0.324 e. The lowest BCUT2D eigenvalue weighted by Gasteiger charge is -2.17. The lowest BCUT2D eigenvalue weighted by Crippen LogP contribution is -2.27. The Balaban J connectivity index is 2.24. The maximum atomic E-state index is 11.8. The van der Waals surface area contributed by atoms with Gasteiger partial charge in [-0.05, 0) is 12.1 Å². The summed E-state index contributed by atoms with van der Waals surface area (Å²) >= 11 is 0. The molecule has 2 rings (SSSR count). The van der Waals surface area contributed by atoms with E-state index in [1.54, 1.807) is 6.20 Å². The van der Waals surface area contributed by atoms with Gasteiger partial charge < -0.3 is 9.72 Å². The molecule has 0 aliphatic heterocycles. The maximum Gasteiger partial charge on any atom is 0.229 e. The average Bonchev–Trinajstić information content (AvgIpc) is 2.63. The molecule has 0 fully saturated rings. The highest BCUT2D eigenvalue weighted by molar-refractivity contribution is 5.94. The number of hydrogen-bond donors (Lipinski definition) is 1. The van der Waals surface area contributed by atoms with Gasteiger partial charge in [-0.2, -0.15) is 0 Å². The first kappa shape index (κ1) is 10.7. The highest BCUT2D eigenvalue weighted by Gasteiger charge is 2.21. The van der Waals surface area contributed by atoms with E-state index < -0.39 is 0 Å².